The van der Waals surface area contributed by atoms with Gasteiger partial charge in [0, 0.05) is 24.9 Å². The second kappa shape index (κ2) is 8.52. The molecule has 7 rings (SSSR count). The Kier molecular flexibility index (Phi) is 5.29. The molecule has 7 heteroatoms. The number of urea groups is 2. The number of carbonyl (C=O) groups is 3. The van der Waals surface area contributed by atoms with Crippen LogP contribution in [0.3, 0.4) is 0 Å². The molecule has 3 aromatic rings. The number of benzene rings is 3. The number of imide groups is 1. The van der Waals surface area contributed by atoms with Crippen LogP contribution in [0.5, 0.6) is 0 Å². The Bertz CT molecular complexity index is 1340. The molecule has 1 aliphatic heterocycles. The molecule has 36 heavy (non-hydrogen) atoms. The third-order valence-electron chi connectivity index (χ3n) is 7.95. The maximum absolute atomic E-state index is 12.7. The van der Waals surface area contributed by atoms with E-state index in [4.69, 9.17) is 0 Å². The van der Waals surface area contributed by atoms with E-state index in [1.165, 1.54) is 22.3 Å². The largest absolute Gasteiger partial charge is 0.338 e. The summed E-state index contributed by atoms with van der Waals surface area (Å²) in [7, 11) is 0. The van der Waals surface area contributed by atoms with Crippen molar-refractivity contribution in [2.75, 3.05) is 6.54 Å². The van der Waals surface area contributed by atoms with Crippen LogP contribution in [0.4, 0.5) is 9.59 Å². The first-order chi connectivity index (χ1) is 17.4. The van der Waals surface area contributed by atoms with E-state index in [9.17, 15) is 14.4 Å². The zero-order valence-electron chi connectivity index (χ0n) is 20.0. The Morgan fingerprint density at radius 1 is 0.917 bits per heavy atom. The normalized spacial score (nSPS) is 25.4. The zero-order chi connectivity index (χ0) is 24.9. The number of rotatable bonds is 5. The number of hydrogen-bond donors (Lipinski definition) is 4. The van der Waals surface area contributed by atoms with Gasteiger partial charge in [0.1, 0.15) is 5.54 Å². The molecule has 4 aliphatic rings. The Balaban J connectivity index is 1.11. The third-order valence-corrected chi connectivity index (χ3v) is 7.95. The topological polar surface area (TPSA) is 99.3 Å². The second-order valence-electron chi connectivity index (χ2n) is 10.1. The van der Waals surface area contributed by atoms with Crippen LogP contribution in [-0.4, -0.2) is 24.5 Å². The van der Waals surface area contributed by atoms with E-state index in [1.54, 1.807) is 13.0 Å². The smallest absolute Gasteiger partial charge is 0.322 e. The summed E-state index contributed by atoms with van der Waals surface area (Å²) in [6, 6.07) is 24.0. The van der Waals surface area contributed by atoms with Crippen molar-refractivity contribution < 1.29 is 14.4 Å². The minimum absolute atomic E-state index is 0.221. The van der Waals surface area contributed by atoms with Gasteiger partial charge in [0.2, 0.25) is 0 Å². The van der Waals surface area contributed by atoms with Gasteiger partial charge in [0.15, 0.2) is 0 Å². The van der Waals surface area contributed by atoms with Gasteiger partial charge in [-0.15, -0.1) is 0 Å². The molecule has 0 saturated carbocycles. The van der Waals surface area contributed by atoms with Crippen LogP contribution in [0.2, 0.25) is 0 Å². The molecule has 0 aromatic heterocycles. The van der Waals surface area contributed by atoms with Crippen molar-refractivity contribution in [1.29, 1.82) is 0 Å². The molecule has 3 aliphatic carbocycles. The van der Waals surface area contributed by atoms with Crippen LogP contribution in [0.15, 0.2) is 72.8 Å². The minimum Gasteiger partial charge on any atom is -0.338 e. The molecular weight excluding hydrogens is 452 g/mol. The maximum Gasteiger partial charge on any atom is 0.322 e. The zero-order valence-corrected chi connectivity index (χ0v) is 20.0. The Hall–Kier alpha value is -4.13. The van der Waals surface area contributed by atoms with Crippen molar-refractivity contribution in [3.63, 3.8) is 0 Å². The first-order valence-electron chi connectivity index (χ1n) is 12.4. The molecule has 2 unspecified atom stereocenters. The highest BCUT2D eigenvalue weighted by atomic mass is 16.2. The second-order valence-corrected chi connectivity index (χ2v) is 10.1. The highest BCUT2D eigenvalue weighted by Gasteiger charge is 2.44. The summed E-state index contributed by atoms with van der Waals surface area (Å²) in [6.45, 7) is 2.58. The lowest BCUT2D eigenvalue weighted by Gasteiger charge is -2.45. The van der Waals surface area contributed by atoms with E-state index in [-0.39, 0.29) is 17.9 Å². The van der Waals surface area contributed by atoms with Gasteiger partial charge < -0.3 is 16.0 Å². The van der Waals surface area contributed by atoms with Gasteiger partial charge in [-0.3, -0.25) is 10.1 Å². The molecule has 2 bridgehead atoms. The maximum atomic E-state index is 12.7. The van der Waals surface area contributed by atoms with E-state index in [0.29, 0.717) is 30.5 Å². The number of fused-ring (bicyclic) bond motifs is 1. The van der Waals surface area contributed by atoms with E-state index in [0.717, 1.165) is 12.0 Å². The van der Waals surface area contributed by atoms with Gasteiger partial charge in [-0.2, -0.15) is 0 Å². The van der Waals surface area contributed by atoms with Gasteiger partial charge in [0.05, 0.1) is 0 Å². The molecule has 4 N–H and O–H groups in total. The van der Waals surface area contributed by atoms with E-state index < -0.39 is 11.6 Å². The fraction of sp³-hybridized carbons (Fsp3) is 0.276. The average Bonchev–Trinajstić information content (AvgIpc) is 3.18. The average molecular weight is 481 g/mol. The molecule has 182 valence electrons. The van der Waals surface area contributed by atoms with Gasteiger partial charge in [-0.1, -0.05) is 72.8 Å². The summed E-state index contributed by atoms with van der Waals surface area (Å²) in [5, 5.41) is 11.0. The lowest BCUT2D eigenvalue weighted by atomic mass is 9.59. The molecule has 0 spiro atoms. The first kappa shape index (κ1) is 22.3. The minimum atomic E-state index is -1.12. The standard InChI is InChI=1S/C29H28N4O3/c1-29(26(34)32-28(36)33-29)19-8-6-7-17(13-19)15-30-27(35)31-16-18-14-24-20-9-2-4-11-22(20)25(18)23-12-5-3-10-21(23)24/h2-13,18,24-25H,14-16H2,1H3,(H2,30,31,35)(H2,32,33,34,36). The number of amides is 5. The van der Waals surface area contributed by atoms with Crippen LogP contribution >= 0.6 is 0 Å². The summed E-state index contributed by atoms with van der Waals surface area (Å²) >= 11 is 0. The van der Waals surface area contributed by atoms with Crippen molar-refractivity contribution in [3.8, 4) is 0 Å². The van der Waals surface area contributed by atoms with E-state index in [1.807, 2.05) is 18.2 Å². The highest BCUT2D eigenvalue weighted by molar-refractivity contribution is 6.07. The lowest BCUT2D eigenvalue weighted by molar-refractivity contribution is -0.123. The predicted octanol–water partition coefficient (Wildman–Crippen LogP) is 3.84. The van der Waals surface area contributed by atoms with Crippen LogP contribution in [-0.2, 0) is 16.9 Å². The molecular formula is C29H28N4O3. The van der Waals surface area contributed by atoms with Gasteiger partial charge in [0.25, 0.3) is 5.91 Å². The predicted molar refractivity (Wildman–Crippen MR) is 135 cm³/mol. The van der Waals surface area contributed by atoms with Crippen molar-refractivity contribution in [2.45, 2.75) is 37.3 Å². The van der Waals surface area contributed by atoms with Crippen molar-refractivity contribution >= 4 is 18.0 Å². The lowest BCUT2D eigenvalue weighted by Crippen LogP contribution is -2.42. The van der Waals surface area contributed by atoms with Crippen LogP contribution in [0.25, 0.3) is 0 Å². The van der Waals surface area contributed by atoms with Gasteiger partial charge in [-0.25, -0.2) is 9.59 Å². The van der Waals surface area contributed by atoms with Crippen molar-refractivity contribution in [3.05, 3.63) is 106 Å². The molecule has 3 aromatic carbocycles. The van der Waals surface area contributed by atoms with Crippen LogP contribution in [0, 0.1) is 5.92 Å². The fourth-order valence-corrected chi connectivity index (χ4v) is 6.17. The van der Waals surface area contributed by atoms with Gasteiger partial charge >= 0.3 is 12.1 Å². The first-order valence-corrected chi connectivity index (χ1v) is 12.4. The van der Waals surface area contributed by atoms with Crippen LogP contribution < -0.4 is 21.3 Å². The highest BCUT2D eigenvalue weighted by Crippen LogP contribution is 2.55. The molecule has 7 nitrogen and oxygen atoms in total. The summed E-state index contributed by atoms with van der Waals surface area (Å²) in [5.74, 6) is 0.598. The summed E-state index contributed by atoms with van der Waals surface area (Å²) in [6.07, 6.45) is 1.02. The quantitative estimate of drug-likeness (QED) is 0.418. The number of nitrogens with one attached hydrogen (secondary N) is 4. The monoisotopic (exact) mass is 480 g/mol. The SMILES string of the molecule is CC1(c2cccc(CNC(=O)NCC3CC4c5ccccc5C3c3ccccc34)c2)NC(=O)NC1=O. The molecule has 0 radical (unpaired) electrons. The third kappa shape index (κ3) is 3.63. The van der Waals surface area contributed by atoms with Crippen molar-refractivity contribution in [1.82, 2.24) is 21.3 Å². The molecule has 5 amide bonds. The molecule has 1 heterocycles. The van der Waals surface area contributed by atoms with Crippen molar-refractivity contribution in [2.24, 2.45) is 5.92 Å². The fourth-order valence-electron chi connectivity index (χ4n) is 6.17. The molecule has 2 atom stereocenters. The Morgan fingerprint density at radius 2 is 1.58 bits per heavy atom. The number of hydrogen-bond acceptors (Lipinski definition) is 3. The van der Waals surface area contributed by atoms with Crippen LogP contribution in [0.1, 0.15) is 58.6 Å². The summed E-state index contributed by atoms with van der Waals surface area (Å²) < 4.78 is 0. The van der Waals surface area contributed by atoms with Gasteiger partial charge in [-0.05, 0) is 52.6 Å². The van der Waals surface area contributed by atoms with E-state index >= 15 is 0 Å². The Morgan fingerprint density at radius 3 is 2.22 bits per heavy atom. The number of carbonyl (C=O) groups excluding carboxylic acids is 3. The van der Waals surface area contributed by atoms with E-state index in [2.05, 4.69) is 69.8 Å². The molecule has 1 fully saturated rings. The Labute approximate surface area is 209 Å². The summed E-state index contributed by atoms with van der Waals surface area (Å²) in [5.41, 5.74) is 5.99. The summed E-state index contributed by atoms with van der Waals surface area (Å²) in [4.78, 5) is 36.6. The molecule has 1 saturated heterocycles.